The number of halogens is 1. The van der Waals surface area contributed by atoms with Gasteiger partial charge in [-0.05, 0) is 49.4 Å². The minimum atomic E-state index is -0.0997. The van der Waals surface area contributed by atoms with Crippen LogP contribution in [0, 0.1) is 5.92 Å². The Kier molecular flexibility index (Phi) is 7.52. The van der Waals surface area contributed by atoms with Gasteiger partial charge < -0.3 is 15.0 Å². The molecule has 1 aliphatic heterocycles. The molecule has 2 amide bonds. The second-order valence-electron chi connectivity index (χ2n) is 7.34. The first-order valence-corrected chi connectivity index (χ1v) is 10.3. The fourth-order valence-corrected chi connectivity index (χ4v) is 3.49. The van der Waals surface area contributed by atoms with Crippen LogP contribution >= 0.6 is 11.6 Å². The number of ether oxygens (including phenoxy) is 1. The molecule has 1 fully saturated rings. The first-order valence-electron chi connectivity index (χ1n) is 9.94. The zero-order valence-corrected chi connectivity index (χ0v) is 17.4. The lowest BCUT2D eigenvalue weighted by Gasteiger charge is -2.32. The lowest BCUT2D eigenvalue weighted by Crippen LogP contribution is -2.41. The van der Waals surface area contributed by atoms with Crippen LogP contribution in [0.4, 0.5) is 0 Å². The summed E-state index contributed by atoms with van der Waals surface area (Å²) in [5.41, 5.74) is 0.570. The number of rotatable bonds is 8. The van der Waals surface area contributed by atoms with Crippen molar-refractivity contribution in [1.29, 1.82) is 0 Å². The highest BCUT2D eigenvalue weighted by Gasteiger charge is 2.23. The molecule has 1 N–H and O–H groups in total. The van der Waals surface area contributed by atoms with Gasteiger partial charge in [0.15, 0.2) is 0 Å². The first kappa shape index (κ1) is 21.2. The SMILES string of the molecule is Cn1cc(C(=O)NCC2CCN(C(=O)CCCOc3ccc(Cl)cc3)CC2)cn1. The highest BCUT2D eigenvalue weighted by atomic mass is 35.5. The number of benzene rings is 1. The maximum Gasteiger partial charge on any atom is 0.254 e. The van der Waals surface area contributed by atoms with Crippen molar-refractivity contribution in [3.05, 3.63) is 47.2 Å². The third kappa shape index (κ3) is 6.49. The molecule has 0 aliphatic carbocycles. The zero-order chi connectivity index (χ0) is 20.6. The van der Waals surface area contributed by atoms with Crippen molar-refractivity contribution in [2.75, 3.05) is 26.2 Å². The Balaban J connectivity index is 1.29. The number of nitrogens with zero attached hydrogens (tertiary/aromatic N) is 3. The van der Waals surface area contributed by atoms with Crippen molar-refractivity contribution in [2.45, 2.75) is 25.7 Å². The van der Waals surface area contributed by atoms with Crippen LogP contribution in [0.25, 0.3) is 0 Å². The van der Waals surface area contributed by atoms with Crippen molar-refractivity contribution in [3.63, 3.8) is 0 Å². The molecule has 2 aromatic rings. The van der Waals surface area contributed by atoms with Gasteiger partial charge in [-0.2, -0.15) is 5.10 Å². The summed E-state index contributed by atoms with van der Waals surface area (Å²) in [6, 6.07) is 7.21. The number of aromatic nitrogens is 2. The Morgan fingerprint density at radius 1 is 1.24 bits per heavy atom. The number of piperidine rings is 1. The molecular formula is C21H27ClN4O3. The fourth-order valence-electron chi connectivity index (χ4n) is 3.37. The van der Waals surface area contributed by atoms with Crippen LogP contribution in [0.5, 0.6) is 5.75 Å². The van der Waals surface area contributed by atoms with Gasteiger partial charge in [-0.3, -0.25) is 14.3 Å². The van der Waals surface area contributed by atoms with E-state index in [9.17, 15) is 9.59 Å². The molecule has 0 unspecified atom stereocenters. The molecule has 0 spiro atoms. The highest BCUT2D eigenvalue weighted by molar-refractivity contribution is 6.30. The van der Waals surface area contributed by atoms with Gasteiger partial charge in [-0.15, -0.1) is 0 Å². The Bertz CT molecular complexity index is 814. The number of hydrogen-bond acceptors (Lipinski definition) is 4. The number of nitrogens with one attached hydrogen (secondary N) is 1. The number of carbonyl (C=O) groups is 2. The van der Waals surface area contributed by atoms with E-state index in [0.29, 0.717) is 42.5 Å². The standard InChI is InChI=1S/C21H27ClN4O3/c1-25-15-17(14-24-25)21(28)23-13-16-8-10-26(11-9-16)20(27)3-2-12-29-19-6-4-18(22)5-7-19/h4-7,14-16H,2-3,8-13H2,1H3,(H,23,28). The molecule has 8 heteroatoms. The molecule has 3 rings (SSSR count). The zero-order valence-electron chi connectivity index (χ0n) is 16.6. The summed E-state index contributed by atoms with van der Waals surface area (Å²) in [4.78, 5) is 26.4. The molecule has 1 aliphatic rings. The van der Waals surface area contributed by atoms with Crippen molar-refractivity contribution in [3.8, 4) is 5.75 Å². The second-order valence-corrected chi connectivity index (χ2v) is 7.78. The topological polar surface area (TPSA) is 76.5 Å². The lowest BCUT2D eigenvalue weighted by atomic mass is 9.96. The molecule has 7 nitrogen and oxygen atoms in total. The molecule has 0 saturated carbocycles. The van der Waals surface area contributed by atoms with Crippen molar-refractivity contribution >= 4 is 23.4 Å². The van der Waals surface area contributed by atoms with Gasteiger partial charge in [0.05, 0.1) is 18.4 Å². The van der Waals surface area contributed by atoms with E-state index >= 15 is 0 Å². The first-order chi connectivity index (χ1) is 14.0. The van der Waals surface area contributed by atoms with E-state index in [0.717, 1.165) is 31.7 Å². The van der Waals surface area contributed by atoms with Gasteiger partial charge in [0.1, 0.15) is 5.75 Å². The number of amides is 2. The fraction of sp³-hybridized carbons (Fsp3) is 0.476. The Labute approximate surface area is 176 Å². The number of aryl methyl sites for hydroxylation is 1. The third-order valence-corrected chi connectivity index (χ3v) is 5.35. The molecule has 0 bridgehead atoms. The van der Waals surface area contributed by atoms with E-state index in [-0.39, 0.29) is 11.8 Å². The van der Waals surface area contributed by atoms with Gasteiger partial charge in [-0.25, -0.2) is 0 Å². The van der Waals surface area contributed by atoms with Crippen LogP contribution in [0.2, 0.25) is 5.02 Å². The summed E-state index contributed by atoms with van der Waals surface area (Å²) in [6.07, 6.45) is 6.24. The average molecular weight is 419 g/mol. The van der Waals surface area contributed by atoms with Crippen LogP contribution in [-0.2, 0) is 11.8 Å². The normalized spacial score (nSPS) is 14.6. The summed E-state index contributed by atoms with van der Waals surface area (Å²) >= 11 is 5.85. The van der Waals surface area contributed by atoms with E-state index in [1.54, 1.807) is 36.3 Å². The minimum Gasteiger partial charge on any atom is -0.494 e. The van der Waals surface area contributed by atoms with Crippen molar-refractivity contribution in [2.24, 2.45) is 13.0 Å². The van der Waals surface area contributed by atoms with E-state index in [2.05, 4.69) is 10.4 Å². The largest absolute Gasteiger partial charge is 0.494 e. The van der Waals surface area contributed by atoms with Gasteiger partial charge >= 0.3 is 0 Å². The molecule has 0 atom stereocenters. The summed E-state index contributed by atoms with van der Waals surface area (Å²) in [6.45, 7) is 2.61. The van der Waals surface area contributed by atoms with E-state index in [4.69, 9.17) is 16.3 Å². The van der Waals surface area contributed by atoms with Crippen LogP contribution in [0.3, 0.4) is 0 Å². The Morgan fingerprint density at radius 2 is 1.97 bits per heavy atom. The van der Waals surface area contributed by atoms with Crippen LogP contribution in [0.15, 0.2) is 36.7 Å². The number of likely N-dealkylation sites (tertiary alicyclic amines) is 1. The van der Waals surface area contributed by atoms with Crippen LogP contribution < -0.4 is 10.1 Å². The van der Waals surface area contributed by atoms with E-state index < -0.39 is 0 Å². The second kappa shape index (κ2) is 10.3. The Hall–Kier alpha value is -2.54. The molecule has 29 heavy (non-hydrogen) atoms. The summed E-state index contributed by atoms with van der Waals surface area (Å²) in [5, 5.41) is 7.65. The number of carbonyl (C=O) groups excluding carboxylic acids is 2. The quantitative estimate of drug-likeness (QED) is 0.669. The van der Waals surface area contributed by atoms with E-state index in [1.807, 2.05) is 17.0 Å². The van der Waals surface area contributed by atoms with Gasteiger partial charge in [0, 0.05) is 44.3 Å². The molecule has 2 heterocycles. The average Bonchev–Trinajstić information content (AvgIpc) is 3.17. The molecule has 1 aromatic carbocycles. The number of hydrogen-bond donors (Lipinski definition) is 1. The predicted octanol–water partition coefficient (Wildman–Crippen LogP) is 2.90. The molecule has 1 aromatic heterocycles. The summed E-state index contributed by atoms with van der Waals surface area (Å²) < 4.78 is 7.24. The van der Waals surface area contributed by atoms with Gasteiger partial charge in [0.25, 0.3) is 5.91 Å². The lowest BCUT2D eigenvalue weighted by molar-refractivity contribution is -0.132. The minimum absolute atomic E-state index is 0.0997. The smallest absolute Gasteiger partial charge is 0.254 e. The van der Waals surface area contributed by atoms with Crippen molar-refractivity contribution in [1.82, 2.24) is 20.0 Å². The summed E-state index contributed by atoms with van der Waals surface area (Å²) in [5.74, 6) is 1.23. The molecule has 0 radical (unpaired) electrons. The molecule has 156 valence electrons. The predicted molar refractivity (Wildman–Crippen MR) is 111 cm³/mol. The van der Waals surface area contributed by atoms with Crippen LogP contribution in [-0.4, -0.2) is 52.7 Å². The summed E-state index contributed by atoms with van der Waals surface area (Å²) in [7, 11) is 1.79. The van der Waals surface area contributed by atoms with E-state index in [1.165, 1.54) is 0 Å². The highest BCUT2D eigenvalue weighted by Crippen LogP contribution is 2.18. The van der Waals surface area contributed by atoms with Gasteiger partial charge in [0.2, 0.25) is 5.91 Å². The molecular weight excluding hydrogens is 392 g/mol. The Morgan fingerprint density at radius 3 is 2.62 bits per heavy atom. The maximum absolute atomic E-state index is 12.4. The third-order valence-electron chi connectivity index (χ3n) is 5.10. The molecule has 1 saturated heterocycles. The maximum atomic E-state index is 12.4. The monoisotopic (exact) mass is 418 g/mol. The van der Waals surface area contributed by atoms with Crippen molar-refractivity contribution < 1.29 is 14.3 Å². The van der Waals surface area contributed by atoms with Gasteiger partial charge in [-0.1, -0.05) is 11.6 Å². The van der Waals surface area contributed by atoms with Crippen LogP contribution in [0.1, 0.15) is 36.0 Å².